The highest BCUT2D eigenvalue weighted by Crippen LogP contribution is 2.17. The van der Waals surface area contributed by atoms with Gasteiger partial charge in [-0.3, -0.25) is 4.79 Å². The number of nitrogens with one attached hydrogen (secondary N) is 1. The molecule has 6 nitrogen and oxygen atoms in total. The highest BCUT2D eigenvalue weighted by molar-refractivity contribution is 5.89. The smallest absolute Gasteiger partial charge is 0.338 e. The summed E-state index contributed by atoms with van der Waals surface area (Å²) in [4.78, 5) is 28.1. The first-order valence-corrected chi connectivity index (χ1v) is 9.86. The Labute approximate surface area is 170 Å². The second kappa shape index (κ2) is 9.91. The first-order chi connectivity index (χ1) is 14.1. The van der Waals surface area contributed by atoms with Gasteiger partial charge in [0, 0.05) is 50.5 Å². The van der Waals surface area contributed by atoms with E-state index in [-0.39, 0.29) is 17.7 Å². The minimum Gasteiger partial charge on any atom is -0.462 e. The van der Waals surface area contributed by atoms with E-state index >= 15 is 0 Å². The molecule has 1 amide bonds. The molecule has 3 rings (SSSR count). The Morgan fingerprint density at radius 3 is 2.28 bits per heavy atom. The van der Waals surface area contributed by atoms with Crippen LogP contribution in [0, 0.1) is 5.82 Å². The molecule has 0 aliphatic carbocycles. The Balaban J connectivity index is 1.40. The summed E-state index contributed by atoms with van der Waals surface area (Å²) in [5.41, 5.74) is 2.34. The number of nitrogens with zero attached hydrogens (tertiary/aromatic N) is 2. The molecule has 7 heteroatoms. The lowest BCUT2D eigenvalue weighted by Crippen LogP contribution is -2.49. The van der Waals surface area contributed by atoms with Gasteiger partial charge in [-0.25, -0.2) is 9.18 Å². The third-order valence-electron chi connectivity index (χ3n) is 4.89. The zero-order valence-electron chi connectivity index (χ0n) is 16.6. The molecule has 1 heterocycles. The van der Waals surface area contributed by atoms with Gasteiger partial charge >= 0.3 is 5.97 Å². The van der Waals surface area contributed by atoms with Crippen molar-refractivity contribution in [2.75, 3.05) is 49.5 Å². The average molecular weight is 399 g/mol. The van der Waals surface area contributed by atoms with E-state index in [1.807, 2.05) is 4.90 Å². The number of carbonyl (C=O) groups is 2. The maximum absolute atomic E-state index is 13.1. The summed E-state index contributed by atoms with van der Waals surface area (Å²) in [6.45, 7) is 5.43. The summed E-state index contributed by atoms with van der Waals surface area (Å²) >= 11 is 0. The molecule has 154 valence electrons. The molecule has 1 saturated heterocycles. The molecule has 2 aromatic carbocycles. The Hall–Kier alpha value is -3.09. The number of benzene rings is 2. The fraction of sp³-hybridized carbons (Fsp3) is 0.364. The van der Waals surface area contributed by atoms with Gasteiger partial charge in [0.25, 0.3) is 0 Å². The van der Waals surface area contributed by atoms with E-state index in [1.165, 1.54) is 12.1 Å². The molecule has 0 saturated carbocycles. The van der Waals surface area contributed by atoms with Gasteiger partial charge in [-0.15, -0.1) is 0 Å². The summed E-state index contributed by atoms with van der Waals surface area (Å²) in [6, 6.07) is 13.5. The number of ether oxygens (including phenoxy) is 1. The van der Waals surface area contributed by atoms with E-state index in [1.54, 1.807) is 43.3 Å². The minimum absolute atomic E-state index is 0.111. The van der Waals surface area contributed by atoms with Crippen LogP contribution in [0.4, 0.5) is 15.8 Å². The molecular weight excluding hydrogens is 373 g/mol. The predicted molar refractivity (Wildman–Crippen MR) is 111 cm³/mol. The molecular formula is C22H26FN3O3. The average Bonchev–Trinajstić information content (AvgIpc) is 2.75. The first kappa shape index (κ1) is 20.6. The van der Waals surface area contributed by atoms with Crippen molar-refractivity contribution in [3.8, 4) is 0 Å². The second-order valence-electron chi connectivity index (χ2n) is 6.82. The van der Waals surface area contributed by atoms with Crippen molar-refractivity contribution >= 4 is 23.3 Å². The standard InChI is InChI=1S/C22H26FN3O3/c1-2-29-22(28)17-3-7-19(8-4-17)24-12-11-21(27)26-15-13-25(14-16-26)20-9-5-18(23)6-10-20/h3-10,24H,2,11-16H2,1H3. The lowest BCUT2D eigenvalue weighted by atomic mass is 10.2. The fourth-order valence-corrected chi connectivity index (χ4v) is 3.28. The van der Waals surface area contributed by atoms with Crippen molar-refractivity contribution in [1.29, 1.82) is 0 Å². The number of carbonyl (C=O) groups excluding carboxylic acids is 2. The van der Waals surface area contributed by atoms with Gasteiger partial charge in [0.2, 0.25) is 5.91 Å². The van der Waals surface area contributed by atoms with Crippen molar-refractivity contribution in [2.45, 2.75) is 13.3 Å². The van der Waals surface area contributed by atoms with Crippen LogP contribution in [0.25, 0.3) is 0 Å². The zero-order valence-corrected chi connectivity index (χ0v) is 16.6. The molecule has 1 aliphatic heterocycles. The molecule has 1 fully saturated rings. The van der Waals surface area contributed by atoms with Gasteiger partial charge < -0.3 is 19.9 Å². The van der Waals surface area contributed by atoms with E-state index in [0.717, 1.165) is 24.5 Å². The minimum atomic E-state index is -0.339. The zero-order chi connectivity index (χ0) is 20.6. The first-order valence-electron chi connectivity index (χ1n) is 9.86. The third kappa shape index (κ3) is 5.70. The number of piperazine rings is 1. The van der Waals surface area contributed by atoms with Gasteiger partial charge in [-0.2, -0.15) is 0 Å². The Morgan fingerprint density at radius 1 is 1.00 bits per heavy atom. The Bertz CT molecular complexity index is 816. The third-order valence-corrected chi connectivity index (χ3v) is 4.89. The number of anilines is 2. The number of rotatable bonds is 7. The van der Waals surface area contributed by atoms with Gasteiger partial charge in [0.1, 0.15) is 5.82 Å². The summed E-state index contributed by atoms with van der Waals surface area (Å²) < 4.78 is 18.0. The molecule has 0 aromatic heterocycles. The summed E-state index contributed by atoms with van der Waals surface area (Å²) in [6.07, 6.45) is 0.399. The van der Waals surface area contributed by atoms with Crippen LogP contribution < -0.4 is 10.2 Å². The maximum atomic E-state index is 13.1. The predicted octanol–water partition coefficient (Wildman–Crippen LogP) is 3.15. The highest BCUT2D eigenvalue weighted by atomic mass is 19.1. The van der Waals surface area contributed by atoms with Crippen molar-refractivity contribution in [3.63, 3.8) is 0 Å². The second-order valence-corrected chi connectivity index (χ2v) is 6.82. The van der Waals surface area contributed by atoms with E-state index in [9.17, 15) is 14.0 Å². The van der Waals surface area contributed by atoms with Gasteiger partial charge in [0.05, 0.1) is 12.2 Å². The van der Waals surface area contributed by atoms with E-state index in [0.29, 0.717) is 38.2 Å². The number of halogens is 1. The van der Waals surface area contributed by atoms with Crippen LogP contribution in [0.15, 0.2) is 48.5 Å². The SMILES string of the molecule is CCOC(=O)c1ccc(NCCC(=O)N2CCN(c3ccc(F)cc3)CC2)cc1. The Morgan fingerprint density at radius 2 is 1.66 bits per heavy atom. The molecule has 0 atom stereocenters. The summed E-state index contributed by atoms with van der Waals surface area (Å²) in [7, 11) is 0. The van der Waals surface area contributed by atoms with Gasteiger partial charge in [0.15, 0.2) is 0 Å². The topological polar surface area (TPSA) is 61.9 Å². The molecule has 0 spiro atoms. The van der Waals surface area contributed by atoms with E-state index in [2.05, 4.69) is 10.2 Å². The largest absolute Gasteiger partial charge is 0.462 e. The van der Waals surface area contributed by atoms with Crippen LogP contribution >= 0.6 is 0 Å². The van der Waals surface area contributed by atoms with Crippen LogP contribution in [0.3, 0.4) is 0 Å². The van der Waals surface area contributed by atoms with Crippen LogP contribution in [0.5, 0.6) is 0 Å². The van der Waals surface area contributed by atoms with E-state index < -0.39 is 0 Å². The van der Waals surface area contributed by atoms with Gasteiger partial charge in [-0.1, -0.05) is 0 Å². The summed E-state index contributed by atoms with van der Waals surface area (Å²) in [5.74, 6) is -0.473. The van der Waals surface area contributed by atoms with Crippen molar-refractivity contribution in [2.24, 2.45) is 0 Å². The maximum Gasteiger partial charge on any atom is 0.338 e. The monoisotopic (exact) mass is 399 g/mol. The van der Waals surface area contributed by atoms with E-state index in [4.69, 9.17) is 4.74 Å². The number of amides is 1. The number of hydrogen-bond acceptors (Lipinski definition) is 5. The normalized spacial score (nSPS) is 13.9. The molecule has 0 bridgehead atoms. The van der Waals surface area contributed by atoms with Gasteiger partial charge in [-0.05, 0) is 55.5 Å². The molecule has 29 heavy (non-hydrogen) atoms. The molecule has 0 radical (unpaired) electrons. The Kier molecular flexibility index (Phi) is 7.05. The molecule has 1 aliphatic rings. The molecule has 1 N–H and O–H groups in total. The van der Waals surface area contributed by atoms with Crippen molar-refractivity contribution in [1.82, 2.24) is 4.90 Å². The fourth-order valence-electron chi connectivity index (χ4n) is 3.28. The molecule has 0 unspecified atom stereocenters. The lowest BCUT2D eigenvalue weighted by molar-refractivity contribution is -0.131. The lowest BCUT2D eigenvalue weighted by Gasteiger charge is -2.36. The van der Waals surface area contributed by atoms with Crippen molar-refractivity contribution in [3.05, 3.63) is 59.9 Å². The van der Waals surface area contributed by atoms with Crippen LogP contribution in [-0.2, 0) is 9.53 Å². The van der Waals surface area contributed by atoms with Crippen LogP contribution in [-0.4, -0.2) is 56.1 Å². The quantitative estimate of drug-likeness (QED) is 0.725. The summed E-state index contributed by atoms with van der Waals surface area (Å²) in [5, 5.41) is 3.21. The highest BCUT2D eigenvalue weighted by Gasteiger charge is 2.21. The number of esters is 1. The van der Waals surface area contributed by atoms with Crippen LogP contribution in [0.1, 0.15) is 23.7 Å². The molecule has 2 aromatic rings. The number of hydrogen-bond donors (Lipinski definition) is 1. The van der Waals surface area contributed by atoms with Crippen molar-refractivity contribution < 1.29 is 18.7 Å². The van der Waals surface area contributed by atoms with Crippen LogP contribution in [0.2, 0.25) is 0 Å².